The topological polar surface area (TPSA) is 108 Å². The Balaban J connectivity index is 4.13. The Labute approximate surface area is 378 Å². The van der Waals surface area contributed by atoms with E-state index in [2.05, 4.69) is 123 Å². The van der Waals surface area contributed by atoms with E-state index in [0.717, 1.165) is 122 Å². The summed E-state index contributed by atoms with van der Waals surface area (Å²) in [5, 5.41) is 0. The van der Waals surface area contributed by atoms with Gasteiger partial charge in [-0.05, 0) is 83.5 Å². The molecule has 9 nitrogen and oxygen atoms in total. The Bertz CT molecular complexity index is 1420. The lowest BCUT2D eigenvalue weighted by Gasteiger charge is -2.24. The summed E-state index contributed by atoms with van der Waals surface area (Å²) in [4.78, 5) is 35.0. The summed E-state index contributed by atoms with van der Waals surface area (Å²) in [5.41, 5.74) is 0. The number of unbranched alkanes of at least 4 members (excludes halogenated alkanes) is 9. The number of hydrogen-bond acceptors (Lipinski definition) is 7. The van der Waals surface area contributed by atoms with E-state index in [9.17, 15) is 19.0 Å². The summed E-state index contributed by atoms with van der Waals surface area (Å²) in [5.74, 6) is -0.846. The third kappa shape index (κ3) is 46.2. The van der Waals surface area contributed by atoms with E-state index >= 15 is 0 Å². The summed E-state index contributed by atoms with van der Waals surface area (Å²) in [6.07, 6.45) is 59.1. The van der Waals surface area contributed by atoms with Crippen LogP contribution < -0.4 is 0 Å². The molecule has 352 valence electrons. The van der Waals surface area contributed by atoms with E-state index in [-0.39, 0.29) is 26.1 Å². The molecule has 0 aromatic carbocycles. The van der Waals surface area contributed by atoms with Gasteiger partial charge in [0.15, 0.2) is 6.10 Å². The first kappa shape index (κ1) is 58.7. The summed E-state index contributed by atoms with van der Waals surface area (Å²) in [6.45, 7) is 4.15. The molecular weight excluding hydrogens is 798 g/mol. The smallest absolute Gasteiger partial charge is 0.462 e. The predicted molar refractivity (Wildman–Crippen MR) is 261 cm³/mol. The lowest BCUT2D eigenvalue weighted by atomic mass is 10.1. The molecule has 0 spiro atoms. The fourth-order valence-electron chi connectivity index (χ4n) is 5.65. The Morgan fingerprint density at radius 2 is 0.919 bits per heavy atom. The van der Waals surface area contributed by atoms with Gasteiger partial charge in [0.1, 0.15) is 19.8 Å². The van der Waals surface area contributed by atoms with Crippen molar-refractivity contribution in [3.8, 4) is 0 Å². The molecular formula is C52H87NO8P+. The molecule has 0 aromatic rings. The summed E-state index contributed by atoms with van der Waals surface area (Å²) in [7, 11) is 1.44. The molecule has 0 aliphatic heterocycles. The van der Waals surface area contributed by atoms with Gasteiger partial charge in [0.05, 0.1) is 27.7 Å². The quantitative estimate of drug-likeness (QED) is 0.0213. The molecule has 0 saturated heterocycles. The number of carbonyl (C=O) groups excluding carboxylic acids is 2. The molecule has 10 heteroatoms. The van der Waals surface area contributed by atoms with E-state index < -0.39 is 32.5 Å². The number of hydrogen-bond donors (Lipinski definition) is 1. The molecule has 62 heavy (non-hydrogen) atoms. The fourth-order valence-corrected chi connectivity index (χ4v) is 6.39. The molecule has 0 aliphatic rings. The van der Waals surface area contributed by atoms with Gasteiger partial charge in [0, 0.05) is 12.8 Å². The molecule has 0 amide bonds. The maximum atomic E-state index is 12.6. The second-order valence-corrected chi connectivity index (χ2v) is 17.9. The first-order chi connectivity index (χ1) is 30.0. The third-order valence-corrected chi connectivity index (χ3v) is 10.3. The molecule has 2 unspecified atom stereocenters. The minimum atomic E-state index is -4.38. The molecule has 0 fully saturated rings. The number of allylic oxidation sites excluding steroid dienone is 18. The van der Waals surface area contributed by atoms with Gasteiger partial charge < -0.3 is 18.9 Å². The fraction of sp³-hybridized carbons (Fsp3) is 0.615. The predicted octanol–water partition coefficient (Wildman–Crippen LogP) is 13.9. The molecule has 0 saturated carbocycles. The number of nitrogens with zero attached hydrogens (tertiary/aromatic N) is 1. The van der Waals surface area contributed by atoms with Crippen LogP contribution >= 0.6 is 7.82 Å². The highest BCUT2D eigenvalue weighted by Crippen LogP contribution is 2.43. The largest absolute Gasteiger partial charge is 0.472 e. The SMILES string of the molecule is CC/C=C\C/C=C\C/C=C\C/C=C\C/C=C\C/C=C\C/C=C\C/C=C\C/C=C\CCCCCCCC(=O)OC(COC(=O)CCCCCCC)COP(=O)(O)OCC[N+](C)(C)C. The van der Waals surface area contributed by atoms with Crippen LogP contribution in [0.25, 0.3) is 0 Å². The van der Waals surface area contributed by atoms with Crippen molar-refractivity contribution in [3.63, 3.8) is 0 Å². The van der Waals surface area contributed by atoms with E-state index in [1.807, 2.05) is 21.1 Å². The second kappa shape index (κ2) is 42.9. The highest BCUT2D eigenvalue weighted by Gasteiger charge is 2.27. The van der Waals surface area contributed by atoms with Crippen molar-refractivity contribution >= 4 is 19.8 Å². The third-order valence-electron chi connectivity index (χ3n) is 9.32. The van der Waals surface area contributed by atoms with Crippen LogP contribution in [0.4, 0.5) is 0 Å². The van der Waals surface area contributed by atoms with Crippen LogP contribution in [-0.2, 0) is 32.7 Å². The number of phosphoric ester groups is 1. The van der Waals surface area contributed by atoms with E-state index in [1.165, 1.54) is 0 Å². The normalized spacial score (nSPS) is 14.5. The molecule has 0 rings (SSSR count). The van der Waals surface area contributed by atoms with Gasteiger partial charge in [-0.2, -0.15) is 0 Å². The number of carbonyl (C=O) groups is 2. The number of likely N-dealkylation sites (N-methyl/N-ethyl adjacent to an activating group) is 1. The van der Waals surface area contributed by atoms with Gasteiger partial charge in [-0.25, -0.2) is 4.57 Å². The number of phosphoric acid groups is 1. The van der Waals surface area contributed by atoms with Crippen molar-refractivity contribution in [1.29, 1.82) is 0 Å². The standard InChI is InChI=1S/C52H86NO8P/c1-6-8-10-12-13-14-15-16-17-18-19-20-21-22-23-24-25-26-27-28-29-30-31-32-33-34-35-36-37-38-39-41-43-45-52(55)61-50(48-58-51(54)44-42-40-11-9-7-2)49-60-62(56,57)59-47-46-53(3,4)5/h8,10,13-14,16-17,19-20,22-23,25-26,28-29,31-32,34-35,50H,6-7,9,11-12,15,18,21,24,27,30,33,36-49H2,1-5H3/p+1/b10-8-,14-13-,17-16-,20-19-,23-22-,26-25-,29-28-,32-31-,35-34-. The van der Waals surface area contributed by atoms with Gasteiger partial charge in [-0.15, -0.1) is 0 Å². The number of esters is 2. The minimum Gasteiger partial charge on any atom is -0.462 e. The Kier molecular flexibility index (Phi) is 40.6. The van der Waals surface area contributed by atoms with Crippen molar-refractivity contribution in [2.24, 2.45) is 0 Å². The van der Waals surface area contributed by atoms with E-state index in [4.69, 9.17) is 18.5 Å². The molecule has 0 aromatic heterocycles. The van der Waals surface area contributed by atoms with E-state index in [0.29, 0.717) is 17.4 Å². The zero-order chi connectivity index (χ0) is 45.7. The van der Waals surface area contributed by atoms with Crippen molar-refractivity contribution in [2.45, 2.75) is 161 Å². The zero-order valence-corrected chi connectivity index (χ0v) is 40.4. The van der Waals surface area contributed by atoms with Crippen LogP contribution in [0.2, 0.25) is 0 Å². The second-order valence-electron chi connectivity index (χ2n) is 16.4. The van der Waals surface area contributed by atoms with Crippen molar-refractivity contribution in [2.75, 3.05) is 47.5 Å². The maximum absolute atomic E-state index is 12.6. The summed E-state index contributed by atoms with van der Waals surface area (Å²) >= 11 is 0. The van der Waals surface area contributed by atoms with Crippen LogP contribution in [0, 0.1) is 0 Å². The average molecular weight is 885 g/mol. The lowest BCUT2D eigenvalue weighted by molar-refractivity contribution is -0.870. The first-order valence-corrected chi connectivity index (χ1v) is 25.1. The van der Waals surface area contributed by atoms with Crippen LogP contribution in [0.3, 0.4) is 0 Å². The van der Waals surface area contributed by atoms with Crippen LogP contribution in [0.5, 0.6) is 0 Å². The highest BCUT2D eigenvalue weighted by molar-refractivity contribution is 7.47. The number of rotatable bonds is 41. The van der Waals surface area contributed by atoms with Crippen LogP contribution in [-0.4, -0.2) is 74.9 Å². The number of ether oxygens (including phenoxy) is 2. The van der Waals surface area contributed by atoms with Crippen molar-refractivity contribution in [3.05, 3.63) is 109 Å². The average Bonchev–Trinajstić information content (AvgIpc) is 3.22. The summed E-state index contributed by atoms with van der Waals surface area (Å²) < 4.78 is 34.0. The zero-order valence-electron chi connectivity index (χ0n) is 39.6. The first-order valence-electron chi connectivity index (χ1n) is 23.6. The molecule has 0 radical (unpaired) electrons. The van der Waals surface area contributed by atoms with Crippen molar-refractivity contribution < 1.29 is 42.1 Å². The van der Waals surface area contributed by atoms with E-state index in [1.54, 1.807) is 0 Å². The van der Waals surface area contributed by atoms with Crippen LogP contribution in [0.15, 0.2) is 109 Å². The molecule has 0 heterocycles. The Morgan fingerprint density at radius 3 is 1.37 bits per heavy atom. The van der Waals surface area contributed by atoms with Crippen molar-refractivity contribution in [1.82, 2.24) is 0 Å². The van der Waals surface area contributed by atoms with Crippen LogP contribution in [0.1, 0.15) is 155 Å². The molecule has 1 N–H and O–H groups in total. The van der Waals surface area contributed by atoms with Gasteiger partial charge in [-0.3, -0.25) is 18.6 Å². The number of quaternary nitrogens is 1. The highest BCUT2D eigenvalue weighted by atomic mass is 31.2. The van der Waals surface area contributed by atoms with Gasteiger partial charge in [0.2, 0.25) is 0 Å². The Hall–Kier alpha value is -3.33. The minimum absolute atomic E-state index is 0.0219. The lowest BCUT2D eigenvalue weighted by Crippen LogP contribution is -2.37. The molecule has 2 atom stereocenters. The van der Waals surface area contributed by atoms with Gasteiger partial charge in [-0.1, -0.05) is 168 Å². The molecule has 0 aliphatic carbocycles. The summed E-state index contributed by atoms with van der Waals surface area (Å²) in [6, 6.07) is 0. The van der Waals surface area contributed by atoms with Gasteiger partial charge >= 0.3 is 19.8 Å². The molecule has 0 bridgehead atoms. The van der Waals surface area contributed by atoms with Gasteiger partial charge in [0.25, 0.3) is 0 Å². The maximum Gasteiger partial charge on any atom is 0.472 e. The Morgan fingerprint density at radius 1 is 0.516 bits per heavy atom. The monoisotopic (exact) mass is 885 g/mol.